The third-order valence-electron chi connectivity index (χ3n) is 8.55. The van der Waals surface area contributed by atoms with Crippen molar-refractivity contribution < 1.29 is 26.4 Å². The van der Waals surface area contributed by atoms with E-state index in [1.165, 1.54) is 22.7 Å². The molecule has 58 heavy (non-hydrogen) atoms. The van der Waals surface area contributed by atoms with E-state index in [1.54, 1.807) is 31.5 Å². The standard InChI is InChI=1S/C39H35N9O6S4/c1-25-34(36(49)45-57(2,51)52)42-38(55-25)47(31-18-20-40-30-16-8-7-15-29(30)31)24-28-14-9-13-27(21-28)22-32-35(37(50)46-58(3,53)54)43-39(56-32)48(33-17-10-19-41-44-33)23-26-11-5-4-6-12-26/h4-21H,22-24H2,1-3H3,(H,45,49)(H,46,50). The number of thiazole rings is 2. The van der Waals surface area contributed by atoms with Crippen LogP contribution in [0.25, 0.3) is 10.9 Å². The molecule has 7 rings (SSSR count). The highest BCUT2D eigenvalue weighted by atomic mass is 32.2. The molecule has 0 bridgehead atoms. The predicted molar refractivity (Wildman–Crippen MR) is 225 cm³/mol. The van der Waals surface area contributed by atoms with Gasteiger partial charge in [-0.2, -0.15) is 5.10 Å². The number of fused-ring (bicyclic) bond motifs is 1. The van der Waals surface area contributed by atoms with Crippen molar-refractivity contribution in [3.8, 4) is 0 Å². The Bertz CT molecular complexity index is 2850. The largest absolute Gasteiger partial charge is 0.313 e. The molecule has 2 N–H and O–H groups in total. The van der Waals surface area contributed by atoms with Gasteiger partial charge in [0.15, 0.2) is 16.1 Å². The van der Waals surface area contributed by atoms with Crippen LogP contribution in [-0.2, 0) is 39.6 Å². The smallest absolute Gasteiger partial charge is 0.284 e. The van der Waals surface area contributed by atoms with Gasteiger partial charge in [0.1, 0.15) is 11.4 Å². The summed E-state index contributed by atoms with van der Waals surface area (Å²) >= 11 is 2.49. The van der Waals surface area contributed by atoms with E-state index in [4.69, 9.17) is 4.98 Å². The van der Waals surface area contributed by atoms with E-state index in [-0.39, 0.29) is 24.4 Å². The molecule has 0 radical (unpaired) electrons. The molecular formula is C39H35N9O6S4. The maximum Gasteiger partial charge on any atom is 0.284 e. The van der Waals surface area contributed by atoms with E-state index in [0.29, 0.717) is 32.4 Å². The average molecular weight is 854 g/mol. The fourth-order valence-electron chi connectivity index (χ4n) is 6.12. The number of para-hydroxylation sites is 1. The second-order valence-corrected chi connectivity index (χ2v) is 18.9. The first-order valence-electron chi connectivity index (χ1n) is 17.5. The highest BCUT2D eigenvalue weighted by Crippen LogP contribution is 2.38. The minimum absolute atomic E-state index is 0.00812. The van der Waals surface area contributed by atoms with Gasteiger partial charge in [0.05, 0.1) is 36.8 Å². The molecule has 0 saturated carbocycles. The second kappa shape index (κ2) is 16.8. The van der Waals surface area contributed by atoms with Gasteiger partial charge in [-0.15, -0.1) is 27.8 Å². The number of carbonyl (C=O) groups excluding carboxylic acids is 2. The van der Waals surface area contributed by atoms with Crippen molar-refractivity contribution in [1.29, 1.82) is 0 Å². The molecule has 2 amide bonds. The molecule has 0 unspecified atom stereocenters. The van der Waals surface area contributed by atoms with Crippen molar-refractivity contribution in [1.82, 2.24) is 34.6 Å². The number of rotatable bonds is 14. The van der Waals surface area contributed by atoms with E-state index in [0.717, 1.165) is 45.8 Å². The van der Waals surface area contributed by atoms with Crippen molar-refractivity contribution in [2.75, 3.05) is 22.3 Å². The summed E-state index contributed by atoms with van der Waals surface area (Å²) in [7, 11) is -7.75. The van der Waals surface area contributed by atoms with Crippen molar-refractivity contribution in [2.45, 2.75) is 26.4 Å². The lowest BCUT2D eigenvalue weighted by atomic mass is 10.1. The molecule has 0 aliphatic rings. The topological polar surface area (TPSA) is 197 Å². The van der Waals surface area contributed by atoms with Gasteiger partial charge in [-0.3, -0.25) is 19.5 Å². The number of benzene rings is 3. The lowest BCUT2D eigenvalue weighted by Gasteiger charge is -2.24. The summed E-state index contributed by atoms with van der Waals surface area (Å²) in [6, 6.07) is 30.3. The number of hydrogen-bond donors (Lipinski definition) is 2. The molecule has 0 spiro atoms. The fourth-order valence-corrected chi connectivity index (χ4v) is 9.01. The van der Waals surface area contributed by atoms with Crippen LogP contribution < -0.4 is 19.2 Å². The van der Waals surface area contributed by atoms with Gasteiger partial charge in [-0.05, 0) is 47.9 Å². The molecule has 7 aromatic rings. The SMILES string of the molecule is Cc1sc(N(Cc2cccc(Cc3sc(N(Cc4ccccc4)c4cccnn4)nc3C(=O)NS(C)(=O)=O)c2)c2ccnc3ccccc23)nc1C(=O)NS(C)(=O)=O. The van der Waals surface area contributed by atoms with Crippen LogP contribution in [0.2, 0.25) is 0 Å². The lowest BCUT2D eigenvalue weighted by molar-refractivity contribution is 0.0968. The van der Waals surface area contributed by atoms with Crippen LogP contribution in [0.4, 0.5) is 21.8 Å². The Morgan fingerprint density at radius 2 is 1.31 bits per heavy atom. The lowest BCUT2D eigenvalue weighted by Crippen LogP contribution is -2.30. The summed E-state index contributed by atoms with van der Waals surface area (Å²) in [6.45, 7) is 2.32. The predicted octanol–water partition coefficient (Wildman–Crippen LogP) is 5.89. The third kappa shape index (κ3) is 9.68. The zero-order valence-electron chi connectivity index (χ0n) is 31.2. The van der Waals surface area contributed by atoms with Crippen molar-refractivity contribution in [2.24, 2.45) is 0 Å². The number of sulfonamides is 2. The van der Waals surface area contributed by atoms with Crippen LogP contribution in [0.3, 0.4) is 0 Å². The molecule has 0 aliphatic heterocycles. The first-order valence-corrected chi connectivity index (χ1v) is 22.9. The molecule has 296 valence electrons. The van der Waals surface area contributed by atoms with Gasteiger partial charge in [0.2, 0.25) is 20.0 Å². The third-order valence-corrected chi connectivity index (χ3v) is 11.7. The summed E-state index contributed by atoms with van der Waals surface area (Å²) in [6.07, 6.45) is 5.28. The zero-order valence-corrected chi connectivity index (χ0v) is 34.5. The number of hydrogen-bond acceptors (Lipinski definition) is 15. The van der Waals surface area contributed by atoms with Gasteiger partial charge in [-0.25, -0.2) is 36.2 Å². The Labute approximate surface area is 342 Å². The summed E-state index contributed by atoms with van der Waals surface area (Å²) in [5, 5.41) is 10.0. The minimum Gasteiger partial charge on any atom is -0.313 e. The maximum atomic E-state index is 13.5. The zero-order chi connectivity index (χ0) is 41.0. The number of carbonyl (C=O) groups is 2. The Kier molecular flexibility index (Phi) is 11.6. The molecule has 0 aliphatic carbocycles. The Hall–Kier alpha value is -6.15. The van der Waals surface area contributed by atoms with Gasteiger partial charge >= 0.3 is 0 Å². The highest BCUT2D eigenvalue weighted by molar-refractivity contribution is 7.89. The quantitative estimate of drug-likeness (QED) is 0.131. The van der Waals surface area contributed by atoms with E-state index < -0.39 is 31.9 Å². The maximum absolute atomic E-state index is 13.5. The van der Waals surface area contributed by atoms with E-state index in [2.05, 4.69) is 24.9 Å². The highest BCUT2D eigenvalue weighted by Gasteiger charge is 2.27. The monoisotopic (exact) mass is 853 g/mol. The summed E-state index contributed by atoms with van der Waals surface area (Å²) in [5.41, 5.74) is 4.04. The van der Waals surface area contributed by atoms with Crippen molar-refractivity contribution in [3.05, 3.63) is 147 Å². The Morgan fingerprint density at radius 1 is 0.672 bits per heavy atom. The number of anilines is 4. The minimum atomic E-state index is -3.92. The van der Waals surface area contributed by atoms with Crippen LogP contribution in [0.5, 0.6) is 0 Å². The van der Waals surface area contributed by atoms with Crippen molar-refractivity contribution >= 4 is 87.2 Å². The van der Waals surface area contributed by atoms with Crippen LogP contribution in [0, 0.1) is 6.92 Å². The molecule has 15 nitrogen and oxygen atoms in total. The van der Waals surface area contributed by atoms with Gasteiger partial charge in [-0.1, -0.05) is 72.8 Å². The summed E-state index contributed by atoms with van der Waals surface area (Å²) in [5.74, 6) is -1.20. The summed E-state index contributed by atoms with van der Waals surface area (Å²) < 4.78 is 52.3. The first-order chi connectivity index (χ1) is 27.7. The van der Waals surface area contributed by atoms with Gasteiger partial charge < -0.3 is 4.90 Å². The Morgan fingerprint density at radius 3 is 2.03 bits per heavy atom. The average Bonchev–Trinajstić information content (AvgIpc) is 3.79. The molecule has 3 aromatic carbocycles. The van der Waals surface area contributed by atoms with E-state index in [9.17, 15) is 26.4 Å². The number of aromatic nitrogens is 5. The van der Waals surface area contributed by atoms with Crippen LogP contribution in [-0.4, -0.2) is 66.3 Å². The molecule has 4 heterocycles. The van der Waals surface area contributed by atoms with Crippen LogP contribution >= 0.6 is 22.7 Å². The molecular weight excluding hydrogens is 819 g/mol. The summed E-state index contributed by atoms with van der Waals surface area (Å²) in [4.78, 5) is 45.1. The number of pyridine rings is 1. The normalized spacial score (nSPS) is 11.6. The molecule has 0 saturated heterocycles. The van der Waals surface area contributed by atoms with E-state index >= 15 is 0 Å². The fraction of sp³-hybridized carbons (Fsp3) is 0.154. The number of nitrogens with zero attached hydrogens (tertiary/aromatic N) is 7. The van der Waals surface area contributed by atoms with Crippen molar-refractivity contribution in [3.63, 3.8) is 0 Å². The molecule has 0 atom stereocenters. The van der Waals surface area contributed by atoms with Crippen LogP contribution in [0.1, 0.15) is 47.4 Å². The first kappa shape index (κ1) is 40.1. The molecule has 0 fully saturated rings. The molecule has 4 aromatic heterocycles. The van der Waals surface area contributed by atoms with Gasteiger partial charge in [0.25, 0.3) is 11.8 Å². The number of amides is 2. The number of aryl methyl sites for hydroxylation is 1. The molecule has 19 heteroatoms. The van der Waals surface area contributed by atoms with E-state index in [1.807, 2.05) is 99.5 Å². The van der Waals surface area contributed by atoms with Crippen LogP contribution in [0.15, 0.2) is 109 Å². The second-order valence-electron chi connectivity index (χ2n) is 13.2. The Balaban J connectivity index is 1.27. The van der Waals surface area contributed by atoms with Gasteiger partial charge in [0, 0.05) is 34.0 Å². The number of nitrogens with one attached hydrogen (secondary N) is 2.